The molecule has 1 saturated heterocycles. The maximum absolute atomic E-state index is 12.2. The smallest absolute Gasteiger partial charge is 0.315 e. The second-order valence-corrected chi connectivity index (χ2v) is 10.4. The fourth-order valence-electron chi connectivity index (χ4n) is 4.29. The summed E-state index contributed by atoms with van der Waals surface area (Å²) < 4.78 is 7.52. The summed E-state index contributed by atoms with van der Waals surface area (Å²) >= 11 is 0. The zero-order valence-corrected chi connectivity index (χ0v) is 21.6. The van der Waals surface area contributed by atoms with Gasteiger partial charge in [-0.05, 0) is 23.6 Å². The lowest BCUT2D eigenvalue weighted by Gasteiger charge is -2.23. The number of nitrogens with one attached hydrogen (secondary N) is 2. The van der Waals surface area contributed by atoms with Crippen LogP contribution in [-0.4, -0.2) is 85.7 Å². The van der Waals surface area contributed by atoms with E-state index in [0.717, 1.165) is 5.56 Å². The molecule has 1 aromatic carbocycles. The van der Waals surface area contributed by atoms with Gasteiger partial charge in [-0.25, -0.2) is 19.7 Å². The zero-order valence-electron chi connectivity index (χ0n) is 21.6. The third-order valence-electron chi connectivity index (χ3n) is 6.54. The Morgan fingerprint density at radius 1 is 1.14 bits per heavy atom. The van der Waals surface area contributed by atoms with Crippen molar-refractivity contribution < 1.29 is 19.7 Å². The van der Waals surface area contributed by atoms with E-state index in [2.05, 4.69) is 58.5 Å². The van der Waals surface area contributed by atoms with E-state index in [0.29, 0.717) is 37.3 Å². The number of imidazole rings is 1. The van der Waals surface area contributed by atoms with E-state index in [-0.39, 0.29) is 17.3 Å². The summed E-state index contributed by atoms with van der Waals surface area (Å²) in [7, 11) is 1.85. The average Bonchev–Trinajstić information content (AvgIpc) is 3.40. The van der Waals surface area contributed by atoms with Crippen molar-refractivity contribution in [2.24, 2.45) is 0 Å². The fourth-order valence-corrected chi connectivity index (χ4v) is 4.29. The molecule has 1 aliphatic heterocycles. The number of urea groups is 1. The molecule has 0 spiro atoms. The van der Waals surface area contributed by atoms with Gasteiger partial charge in [0.2, 0.25) is 0 Å². The number of likely N-dealkylation sites (N-methyl/N-ethyl adjacent to an activating group) is 1. The lowest BCUT2D eigenvalue weighted by atomic mass is 9.87. The molecule has 3 aromatic rings. The SMILES string of the molecule is CN(CCNC(=O)NCc1ccc(C(C)(C)C)cc1)C[C@H]1O[C@@H](n2cnc3c(N)ncnc32)[C@H](O)[C@@H]1O. The highest BCUT2D eigenvalue weighted by atomic mass is 16.6. The van der Waals surface area contributed by atoms with Crippen LogP contribution in [0.15, 0.2) is 36.9 Å². The van der Waals surface area contributed by atoms with E-state index in [1.165, 1.54) is 18.2 Å². The molecule has 3 heterocycles. The van der Waals surface area contributed by atoms with Crippen LogP contribution in [0.1, 0.15) is 38.1 Å². The summed E-state index contributed by atoms with van der Waals surface area (Å²) in [6.07, 6.45) is -1.02. The van der Waals surface area contributed by atoms with Gasteiger partial charge in [-0.1, -0.05) is 45.0 Å². The van der Waals surface area contributed by atoms with Crippen LogP contribution < -0.4 is 16.4 Å². The molecular weight excluding hydrogens is 476 g/mol. The molecule has 12 nitrogen and oxygen atoms in total. The van der Waals surface area contributed by atoms with Crippen LogP contribution in [0.2, 0.25) is 0 Å². The maximum atomic E-state index is 12.2. The molecule has 0 bridgehead atoms. The number of fused-ring (bicyclic) bond motifs is 1. The molecule has 200 valence electrons. The van der Waals surface area contributed by atoms with Crippen molar-refractivity contribution in [3.05, 3.63) is 48.0 Å². The van der Waals surface area contributed by atoms with Crippen LogP contribution in [0.4, 0.5) is 10.6 Å². The standard InChI is InChI=1S/C25H36N8O4/c1-25(2,3)16-7-5-15(6-8-16)11-28-24(36)27-9-10-32(4)12-17-19(34)20(35)23(37-17)33-14-31-18-21(26)29-13-30-22(18)33/h5-8,13-14,17,19-20,23,34-35H,9-12H2,1-4H3,(H2,26,29,30)(H2,27,28,36)/t17-,19-,20-,23-/m1/s1. The Kier molecular flexibility index (Phi) is 7.93. The van der Waals surface area contributed by atoms with Crippen molar-refractivity contribution in [3.8, 4) is 0 Å². The third-order valence-corrected chi connectivity index (χ3v) is 6.54. The number of aromatic nitrogens is 4. The van der Waals surface area contributed by atoms with E-state index in [9.17, 15) is 15.0 Å². The molecular formula is C25H36N8O4. The Labute approximate surface area is 215 Å². The lowest BCUT2D eigenvalue weighted by molar-refractivity contribution is -0.0420. The Morgan fingerprint density at radius 2 is 1.86 bits per heavy atom. The van der Waals surface area contributed by atoms with Crippen molar-refractivity contribution in [3.63, 3.8) is 0 Å². The number of nitrogen functional groups attached to an aromatic ring is 1. The van der Waals surface area contributed by atoms with Crippen LogP contribution in [0.25, 0.3) is 11.2 Å². The molecule has 0 saturated carbocycles. The molecule has 1 fully saturated rings. The number of ether oxygens (including phenoxy) is 1. The summed E-state index contributed by atoms with van der Waals surface area (Å²) in [6.45, 7) is 8.21. The predicted molar refractivity (Wildman–Crippen MR) is 139 cm³/mol. The molecule has 12 heteroatoms. The Hall–Kier alpha value is -3.32. The van der Waals surface area contributed by atoms with E-state index in [1.807, 2.05) is 24.1 Å². The minimum atomic E-state index is -1.17. The Balaban J connectivity index is 1.22. The molecule has 1 aliphatic rings. The number of nitrogens with zero attached hydrogens (tertiary/aromatic N) is 5. The summed E-state index contributed by atoms with van der Waals surface area (Å²) in [5.74, 6) is 0.225. The number of carbonyl (C=O) groups excluding carboxylic acids is 1. The summed E-state index contributed by atoms with van der Waals surface area (Å²) in [5, 5.41) is 26.9. The van der Waals surface area contributed by atoms with Gasteiger partial charge in [-0.3, -0.25) is 4.57 Å². The average molecular weight is 513 g/mol. The zero-order chi connectivity index (χ0) is 26.7. The number of anilines is 1. The molecule has 4 rings (SSSR count). The molecule has 0 radical (unpaired) electrons. The van der Waals surface area contributed by atoms with Crippen molar-refractivity contribution in [1.82, 2.24) is 35.1 Å². The van der Waals surface area contributed by atoms with Crippen molar-refractivity contribution >= 4 is 23.0 Å². The summed E-state index contributed by atoms with van der Waals surface area (Å²) in [5.41, 5.74) is 9.02. The van der Waals surface area contributed by atoms with Gasteiger partial charge in [0.15, 0.2) is 17.7 Å². The number of benzene rings is 1. The van der Waals surface area contributed by atoms with Crippen molar-refractivity contribution in [2.75, 3.05) is 32.4 Å². The quantitative estimate of drug-likeness (QED) is 0.293. The first-order valence-corrected chi connectivity index (χ1v) is 12.3. The van der Waals surface area contributed by atoms with E-state index in [1.54, 1.807) is 4.57 Å². The first kappa shape index (κ1) is 26.7. The van der Waals surface area contributed by atoms with Crippen LogP contribution >= 0.6 is 0 Å². The minimum Gasteiger partial charge on any atom is -0.387 e. The normalized spacial score (nSPS) is 22.0. The van der Waals surface area contributed by atoms with E-state index in [4.69, 9.17) is 10.5 Å². The van der Waals surface area contributed by atoms with Gasteiger partial charge in [-0.2, -0.15) is 0 Å². The summed E-state index contributed by atoms with van der Waals surface area (Å²) in [4.78, 5) is 26.4. The van der Waals surface area contributed by atoms with Gasteiger partial charge in [0.25, 0.3) is 0 Å². The molecule has 0 aliphatic carbocycles. The number of amides is 2. The van der Waals surface area contributed by atoms with Gasteiger partial charge in [0, 0.05) is 26.2 Å². The summed E-state index contributed by atoms with van der Waals surface area (Å²) in [6, 6.07) is 7.97. The first-order chi connectivity index (χ1) is 17.5. The number of nitrogens with two attached hydrogens (primary N) is 1. The number of carbonyl (C=O) groups is 1. The number of aliphatic hydroxyl groups is 2. The van der Waals surface area contributed by atoms with Gasteiger partial charge in [-0.15, -0.1) is 0 Å². The second-order valence-electron chi connectivity index (χ2n) is 10.4. The topological polar surface area (TPSA) is 164 Å². The van der Waals surface area contributed by atoms with Crippen LogP contribution in [0, 0.1) is 0 Å². The van der Waals surface area contributed by atoms with Gasteiger partial charge in [0.05, 0.1) is 6.33 Å². The van der Waals surface area contributed by atoms with E-state index < -0.39 is 24.5 Å². The predicted octanol–water partition coefficient (Wildman–Crippen LogP) is 0.756. The van der Waals surface area contributed by atoms with Crippen LogP contribution in [-0.2, 0) is 16.7 Å². The molecule has 6 N–H and O–H groups in total. The molecule has 4 atom stereocenters. The highest BCUT2D eigenvalue weighted by Crippen LogP contribution is 2.32. The number of aliphatic hydroxyl groups excluding tert-OH is 2. The maximum Gasteiger partial charge on any atom is 0.315 e. The number of rotatable bonds is 8. The van der Waals surface area contributed by atoms with Gasteiger partial charge in [0.1, 0.15) is 30.2 Å². The largest absolute Gasteiger partial charge is 0.387 e. The lowest BCUT2D eigenvalue weighted by Crippen LogP contribution is -2.43. The molecule has 2 aromatic heterocycles. The van der Waals surface area contributed by atoms with Gasteiger partial charge < -0.3 is 36.2 Å². The number of hydrogen-bond donors (Lipinski definition) is 5. The van der Waals surface area contributed by atoms with Crippen LogP contribution in [0.5, 0.6) is 0 Å². The first-order valence-electron chi connectivity index (χ1n) is 12.3. The molecule has 37 heavy (non-hydrogen) atoms. The fraction of sp³-hybridized carbons (Fsp3) is 0.520. The monoisotopic (exact) mass is 512 g/mol. The molecule has 0 unspecified atom stereocenters. The third kappa shape index (κ3) is 6.16. The van der Waals surface area contributed by atoms with E-state index >= 15 is 0 Å². The van der Waals surface area contributed by atoms with Crippen molar-refractivity contribution in [2.45, 2.75) is 57.3 Å². The van der Waals surface area contributed by atoms with Gasteiger partial charge >= 0.3 is 6.03 Å². The highest BCUT2D eigenvalue weighted by Gasteiger charge is 2.44. The Morgan fingerprint density at radius 3 is 2.57 bits per heavy atom. The Bertz CT molecular complexity index is 1210. The second kappa shape index (κ2) is 11.0. The van der Waals surface area contributed by atoms with Crippen LogP contribution in [0.3, 0.4) is 0 Å². The molecule has 2 amide bonds. The minimum absolute atomic E-state index is 0.0886. The number of hydrogen-bond acceptors (Lipinski definition) is 9. The highest BCUT2D eigenvalue weighted by molar-refractivity contribution is 5.81. The van der Waals surface area contributed by atoms with Crippen molar-refractivity contribution in [1.29, 1.82) is 0 Å².